The number of pyridine rings is 2. The molecule has 4 aromatic rings. The van der Waals surface area contributed by atoms with Crippen molar-refractivity contribution in [3.05, 3.63) is 71.3 Å². The van der Waals surface area contributed by atoms with E-state index in [-0.39, 0.29) is 48.7 Å². The van der Waals surface area contributed by atoms with Crippen molar-refractivity contribution in [1.29, 1.82) is 5.26 Å². The molecule has 0 atom stereocenters. The minimum absolute atomic E-state index is 0.108. The van der Waals surface area contributed by atoms with Crippen LogP contribution < -0.4 is 10.2 Å². The van der Waals surface area contributed by atoms with Gasteiger partial charge in [-0.25, -0.2) is 9.37 Å². The Morgan fingerprint density at radius 2 is 1.91 bits per heavy atom. The van der Waals surface area contributed by atoms with Crippen molar-refractivity contribution in [2.45, 2.75) is 69.1 Å². The Morgan fingerprint density at radius 3 is 2.57 bits per heavy atom. The topological polar surface area (TPSA) is 122 Å². The van der Waals surface area contributed by atoms with Crippen LogP contribution in [0.2, 0.25) is 0 Å². The summed E-state index contributed by atoms with van der Waals surface area (Å²) in [5, 5.41) is 20.9. The minimum atomic E-state index is -4.75. The van der Waals surface area contributed by atoms with E-state index in [1.54, 1.807) is 48.5 Å². The van der Waals surface area contributed by atoms with Crippen molar-refractivity contribution >= 4 is 17.5 Å². The number of rotatable bonds is 10. The standard InChI is InChI=1S/C33H30F4N8O2/c1-44-19-40-43-29(44)22-3-10-39-15-24(22)21-13-27(42-32(6-7-32)8-9-38)41-28(14-21)45-16-25-23(30(45)46)11-20(12-26(25)33(35,36)37)17-47-18-31(34)4-2-5-31/h3,10-15,19H,2,4-8,16-18H2,1H3,(H,41,42). The normalized spacial score (nSPS) is 17.6. The summed E-state index contributed by atoms with van der Waals surface area (Å²) in [6.45, 7) is -0.833. The number of hydrogen-bond acceptors (Lipinski definition) is 8. The summed E-state index contributed by atoms with van der Waals surface area (Å²) in [4.78, 5) is 24.1. The predicted octanol–water partition coefficient (Wildman–Crippen LogP) is 6.39. The quantitative estimate of drug-likeness (QED) is 0.197. The number of aryl methyl sites for hydroxylation is 1. The fourth-order valence-electron chi connectivity index (χ4n) is 6.19. The fourth-order valence-corrected chi connectivity index (χ4v) is 6.19. The van der Waals surface area contributed by atoms with Crippen LogP contribution in [0.5, 0.6) is 0 Å². The molecule has 1 N–H and O–H groups in total. The first-order chi connectivity index (χ1) is 22.5. The molecule has 2 saturated carbocycles. The molecule has 2 aliphatic carbocycles. The Hall–Kier alpha value is -4.90. The van der Waals surface area contributed by atoms with Crippen LogP contribution in [0.1, 0.15) is 65.6 Å². The van der Waals surface area contributed by atoms with Crippen molar-refractivity contribution in [3.63, 3.8) is 0 Å². The average Bonchev–Trinajstić information content (AvgIpc) is 3.49. The highest BCUT2D eigenvalue weighted by Crippen LogP contribution is 2.44. The number of benzene rings is 1. The van der Waals surface area contributed by atoms with Gasteiger partial charge in [-0.05, 0) is 79.1 Å². The monoisotopic (exact) mass is 646 g/mol. The Kier molecular flexibility index (Phi) is 7.46. The third kappa shape index (κ3) is 5.91. The van der Waals surface area contributed by atoms with E-state index >= 15 is 0 Å². The number of alkyl halides is 4. The summed E-state index contributed by atoms with van der Waals surface area (Å²) in [6, 6.07) is 9.73. The Bertz CT molecular complexity index is 1910. The van der Waals surface area contributed by atoms with Gasteiger partial charge in [0.1, 0.15) is 23.6 Å². The molecule has 7 rings (SSSR count). The van der Waals surface area contributed by atoms with Gasteiger partial charge in [-0.15, -0.1) is 10.2 Å². The number of hydrogen-bond donors (Lipinski definition) is 1. The van der Waals surface area contributed by atoms with Gasteiger partial charge < -0.3 is 14.6 Å². The number of nitrogens with zero attached hydrogens (tertiary/aromatic N) is 7. The molecule has 242 valence electrons. The zero-order valence-electron chi connectivity index (χ0n) is 25.4. The molecule has 2 fully saturated rings. The van der Waals surface area contributed by atoms with Crippen LogP contribution in [0.25, 0.3) is 22.5 Å². The molecule has 4 heterocycles. The number of fused-ring (bicyclic) bond motifs is 1. The molecule has 1 amide bonds. The summed E-state index contributed by atoms with van der Waals surface area (Å²) < 4.78 is 64.8. The van der Waals surface area contributed by atoms with E-state index in [9.17, 15) is 27.6 Å². The van der Waals surface area contributed by atoms with Crippen LogP contribution in [-0.2, 0) is 31.1 Å². The maximum absolute atomic E-state index is 14.5. The van der Waals surface area contributed by atoms with Crippen molar-refractivity contribution in [2.24, 2.45) is 7.05 Å². The first kappa shape index (κ1) is 30.7. The SMILES string of the molecule is Cn1cnnc1-c1ccncc1-c1cc(NC2(CC#N)CC2)nc(N2Cc3c(cc(COCC4(F)CCC4)cc3C(F)(F)F)C2=O)c1. The first-order valence-electron chi connectivity index (χ1n) is 15.3. The third-order valence-corrected chi connectivity index (χ3v) is 9.12. The highest BCUT2D eigenvalue weighted by Gasteiger charge is 2.44. The van der Waals surface area contributed by atoms with Crippen molar-refractivity contribution in [1.82, 2.24) is 24.7 Å². The third-order valence-electron chi connectivity index (χ3n) is 9.12. The van der Waals surface area contributed by atoms with Gasteiger partial charge in [-0.3, -0.25) is 14.7 Å². The van der Waals surface area contributed by atoms with Gasteiger partial charge in [-0.1, -0.05) is 0 Å². The molecule has 3 aromatic heterocycles. The number of nitriles is 1. The average molecular weight is 647 g/mol. The number of ether oxygens (including phenoxy) is 1. The lowest BCUT2D eigenvalue weighted by Crippen LogP contribution is -2.36. The van der Waals surface area contributed by atoms with Crippen LogP contribution >= 0.6 is 0 Å². The molecule has 14 heteroatoms. The lowest BCUT2D eigenvalue weighted by Gasteiger charge is -2.33. The molecule has 0 unspecified atom stereocenters. The van der Waals surface area contributed by atoms with Gasteiger partial charge >= 0.3 is 6.18 Å². The second-order valence-electron chi connectivity index (χ2n) is 12.6. The molecule has 1 aliphatic heterocycles. The van der Waals surface area contributed by atoms with Gasteiger partial charge in [0.25, 0.3) is 5.91 Å². The molecule has 0 spiro atoms. The Morgan fingerprint density at radius 1 is 1.11 bits per heavy atom. The van der Waals surface area contributed by atoms with Crippen molar-refractivity contribution in [2.75, 3.05) is 16.8 Å². The van der Waals surface area contributed by atoms with E-state index in [1.165, 1.54) is 11.0 Å². The number of nitrogens with one attached hydrogen (secondary N) is 1. The maximum atomic E-state index is 14.5. The van der Waals surface area contributed by atoms with E-state index in [1.807, 2.05) is 0 Å². The number of anilines is 2. The minimum Gasteiger partial charge on any atom is -0.373 e. The van der Waals surface area contributed by atoms with Crippen LogP contribution in [-0.4, -0.2) is 48.5 Å². The predicted molar refractivity (Wildman–Crippen MR) is 163 cm³/mol. The van der Waals surface area contributed by atoms with E-state index in [0.717, 1.165) is 25.3 Å². The van der Waals surface area contributed by atoms with Crippen LogP contribution in [0.3, 0.4) is 0 Å². The highest BCUT2D eigenvalue weighted by atomic mass is 19.4. The van der Waals surface area contributed by atoms with E-state index in [0.29, 0.717) is 41.2 Å². The molecule has 0 bridgehead atoms. The number of carbonyl (C=O) groups excluding carboxylic acids is 1. The second kappa shape index (κ2) is 11.4. The smallest absolute Gasteiger partial charge is 0.373 e. The van der Waals surface area contributed by atoms with E-state index < -0.39 is 28.9 Å². The zero-order chi connectivity index (χ0) is 33.0. The van der Waals surface area contributed by atoms with E-state index in [4.69, 9.17) is 4.74 Å². The first-order valence-corrected chi connectivity index (χ1v) is 15.3. The van der Waals surface area contributed by atoms with Crippen molar-refractivity contribution < 1.29 is 27.1 Å². The number of amides is 1. The molecule has 10 nitrogen and oxygen atoms in total. The summed E-state index contributed by atoms with van der Waals surface area (Å²) in [5.41, 5.74) is -1.11. The molecule has 0 saturated heterocycles. The Labute approximate surface area is 267 Å². The van der Waals surface area contributed by atoms with Gasteiger partial charge in [-0.2, -0.15) is 18.4 Å². The maximum Gasteiger partial charge on any atom is 0.416 e. The zero-order valence-corrected chi connectivity index (χ0v) is 25.4. The highest BCUT2D eigenvalue weighted by molar-refractivity contribution is 6.10. The largest absolute Gasteiger partial charge is 0.416 e. The second-order valence-corrected chi connectivity index (χ2v) is 12.6. The molecular formula is C33H30F4N8O2. The summed E-state index contributed by atoms with van der Waals surface area (Å²) in [7, 11) is 1.80. The molecule has 3 aliphatic rings. The van der Waals surface area contributed by atoms with E-state index in [2.05, 4.69) is 31.6 Å². The lowest BCUT2D eigenvalue weighted by molar-refractivity contribution is -0.138. The van der Waals surface area contributed by atoms with Gasteiger partial charge in [0.15, 0.2) is 5.82 Å². The van der Waals surface area contributed by atoms with Crippen LogP contribution in [0, 0.1) is 11.3 Å². The Balaban J connectivity index is 1.28. The van der Waals surface area contributed by atoms with Gasteiger partial charge in [0, 0.05) is 36.1 Å². The number of carbonyl (C=O) groups is 1. The van der Waals surface area contributed by atoms with Crippen LogP contribution in [0.15, 0.2) is 49.1 Å². The molecule has 1 aromatic carbocycles. The van der Waals surface area contributed by atoms with Gasteiger partial charge in [0.05, 0.1) is 43.4 Å². The van der Waals surface area contributed by atoms with Crippen molar-refractivity contribution in [3.8, 4) is 28.6 Å². The molecule has 47 heavy (non-hydrogen) atoms. The number of aromatic nitrogens is 5. The molecular weight excluding hydrogens is 616 g/mol. The fraction of sp³-hybridized carbons (Fsp3) is 0.394. The van der Waals surface area contributed by atoms with Gasteiger partial charge in [0.2, 0.25) is 0 Å². The summed E-state index contributed by atoms with van der Waals surface area (Å²) in [5.74, 6) is 0.399. The van der Waals surface area contributed by atoms with Crippen LogP contribution in [0.4, 0.5) is 29.2 Å². The summed E-state index contributed by atoms with van der Waals surface area (Å²) in [6.07, 6.45) is 3.25. The summed E-state index contributed by atoms with van der Waals surface area (Å²) >= 11 is 0. The lowest BCUT2D eigenvalue weighted by atomic mass is 9.83. The molecule has 0 radical (unpaired) electrons. The number of halogens is 4.